The molecule has 1 N–H and O–H groups in total. The van der Waals surface area contributed by atoms with E-state index in [2.05, 4.69) is 190 Å². The second kappa shape index (κ2) is 56.4. The van der Waals surface area contributed by atoms with Gasteiger partial charge < -0.3 is 20.0 Å². The van der Waals surface area contributed by atoms with E-state index in [9.17, 15) is 0 Å². The molecule has 1 aliphatic rings. The molecule has 9 heteroatoms. The van der Waals surface area contributed by atoms with Crippen molar-refractivity contribution in [2.24, 2.45) is 47.3 Å². The number of unbranched alkanes of at least 4 members (excludes halogenated alkanes) is 20. The van der Waals surface area contributed by atoms with Crippen LogP contribution in [-0.4, -0.2) is 146 Å². The van der Waals surface area contributed by atoms with E-state index < -0.39 is 0 Å². The van der Waals surface area contributed by atoms with Crippen molar-refractivity contribution >= 4 is 58.8 Å². The van der Waals surface area contributed by atoms with E-state index in [1.165, 1.54) is 274 Å². The topological polar surface area (TPSA) is 21.8 Å². The van der Waals surface area contributed by atoms with Crippen LogP contribution in [0.2, 0.25) is 0 Å². The number of hydrogen-bond acceptors (Lipinski definition) is 9. The van der Waals surface area contributed by atoms with E-state index in [-0.39, 0.29) is 0 Å². The fourth-order valence-electron chi connectivity index (χ4n) is 13.3. The maximum absolute atomic E-state index is 4.79. The Kier molecular flexibility index (Phi) is 55.8. The maximum atomic E-state index is 4.79. The fraction of sp³-hybridized carbons (Fsp3) is 0.948. The normalized spacial score (nSPS) is 18.8. The zero-order chi connectivity index (χ0) is 63.7. The first kappa shape index (κ1) is 85.1. The monoisotopic (exact) mass is 1300 g/mol. The molecule has 0 aromatic rings. The highest BCUT2D eigenvalue weighted by molar-refractivity contribution is 8.01. The van der Waals surface area contributed by atoms with Crippen molar-refractivity contribution in [3.63, 3.8) is 0 Å². The molecule has 0 amide bonds. The smallest absolute Gasteiger partial charge is 0.00836 e. The minimum Gasteiger partial charge on any atom is -0.319 e. The first-order chi connectivity index (χ1) is 41.3. The molecule has 0 aromatic heterocycles. The van der Waals surface area contributed by atoms with Crippen LogP contribution in [0.5, 0.6) is 0 Å². The Morgan fingerprint density at radius 2 is 0.953 bits per heavy atom. The number of rotatable bonds is 62. The van der Waals surface area contributed by atoms with E-state index in [1.54, 1.807) is 11.1 Å². The molecule has 0 bridgehead atoms. The average molecular weight is 1300 g/mol. The van der Waals surface area contributed by atoms with E-state index in [4.69, 9.17) is 13.2 Å². The van der Waals surface area contributed by atoms with Crippen LogP contribution in [0.3, 0.4) is 0 Å². The number of allylic oxidation sites excluding steroid dienone is 2. The molecule has 0 aromatic carbocycles. The quantitative estimate of drug-likeness (QED) is 0.0471. The average Bonchev–Trinajstić information content (AvgIpc) is 3.64. The van der Waals surface area contributed by atoms with Gasteiger partial charge in [-0.3, -0.25) is 0 Å². The fourth-order valence-corrected chi connectivity index (χ4v) is 20.4. The van der Waals surface area contributed by atoms with Crippen LogP contribution in [0.15, 0.2) is 24.3 Å². The van der Waals surface area contributed by atoms with Gasteiger partial charge in [0.15, 0.2) is 0 Å². The van der Waals surface area contributed by atoms with Crippen LogP contribution in [-0.2, 0) is 0 Å². The van der Waals surface area contributed by atoms with Crippen molar-refractivity contribution in [1.29, 1.82) is 0 Å². The summed E-state index contributed by atoms with van der Waals surface area (Å²) >= 11 is 11.3. The van der Waals surface area contributed by atoms with Crippen LogP contribution >= 0.6 is 58.8 Å². The van der Waals surface area contributed by atoms with Gasteiger partial charge in [-0.2, -0.15) is 58.8 Å². The van der Waals surface area contributed by atoms with E-state index in [1.807, 2.05) is 0 Å². The molecular weight excluding hydrogens is 1140 g/mol. The summed E-state index contributed by atoms with van der Waals surface area (Å²) in [6, 6.07) is 0. The highest BCUT2D eigenvalue weighted by Gasteiger charge is 2.33. The number of nitrogens with one attached hydrogen (secondary N) is 1. The van der Waals surface area contributed by atoms with E-state index in [0.717, 1.165) is 74.2 Å². The number of thioether (sulfide) groups is 5. The molecule has 1 aliphatic carbocycles. The summed E-state index contributed by atoms with van der Waals surface area (Å²) in [6.45, 7) is 34.0. The largest absolute Gasteiger partial charge is 0.319 e. The van der Waals surface area contributed by atoms with Gasteiger partial charge in [0.25, 0.3) is 0 Å². The Balaban J connectivity index is 2.29. The lowest BCUT2D eigenvalue weighted by molar-refractivity contribution is 0.283. The van der Waals surface area contributed by atoms with Crippen LogP contribution in [0.4, 0.5) is 0 Å². The molecule has 0 radical (unpaired) electrons. The second-order valence-electron chi connectivity index (χ2n) is 29.6. The standard InChI is InChI=1S/C77H154N4S5/c1-19-20-43-71(60-73(82-18)62-76(85-58-54-80(14)15)69(10)45-44-65(6)63(2)3)66(7)41-39-37-35-33-31-29-27-25-23-21-22-24-26-28-30-32-34-36-38-40-42-67(8)72-48-47-70(77(61-72)86-59-55-81(16)17)49-51-75(84-57-53-79(12)13)68(9)46-50-74(64(4)5)83-56-52-78-11/h63-65,68-78H,7-8,19-62H2,1-6,9-18H3. The predicted molar refractivity (Wildman–Crippen MR) is 410 cm³/mol. The van der Waals surface area contributed by atoms with Gasteiger partial charge in [-0.05, 0) is 199 Å². The maximum Gasteiger partial charge on any atom is 0.00836 e. The van der Waals surface area contributed by atoms with Crippen LogP contribution < -0.4 is 5.32 Å². The minimum absolute atomic E-state index is 0.707. The molecule has 11 atom stereocenters. The zero-order valence-electron chi connectivity index (χ0n) is 60.9. The first-order valence-electron chi connectivity index (χ1n) is 37.3. The lowest BCUT2D eigenvalue weighted by Gasteiger charge is -2.38. The summed E-state index contributed by atoms with van der Waals surface area (Å²) in [5.41, 5.74) is 3.17. The molecule has 86 heavy (non-hydrogen) atoms. The minimum atomic E-state index is 0.707. The molecule has 0 spiro atoms. The van der Waals surface area contributed by atoms with Crippen LogP contribution in [0.1, 0.15) is 287 Å². The Hall–Kier alpha value is 1.07. The van der Waals surface area contributed by atoms with E-state index >= 15 is 0 Å². The predicted octanol–water partition coefficient (Wildman–Crippen LogP) is 23.3. The number of nitrogens with zero attached hydrogens (tertiary/aromatic N) is 3. The summed E-state index contributed by atoms with van der Waals surface area (Å²) in [5, 5.41) is 7.23. The van der Waals surface area contributed by atoms with Gasteiger partial charge in [0, 0.05) is 75.4 Å². The molecule has 1 rings (SSSR count). The van der Waals surface area contributed by atoms with Gasteiger partial charge in [0.05, 0.1) is 0 Å². The Morgan fingerprint density at radius 3 is 1.44 bits per heavy atom. The van der Waals surface area contributed by atoms with Crippen molar-refractivity contribution in [3.05, 3.63) is 24.3 Å². The molecule has 1 saturated carbocycles. The summed E-state index contributed by atoms with van der Waals surface area (Å²) in [6.07, 6.45) is 52.8. The van der Waals surface area contributed by atoms with Gasteiger partial charge in [0.1, 0.15) is 0 Å². The van der Waals surface area contributed by atoms with Crippen molar-refractivity contribution in [1.82, 2.24) is 20.0 Å². The highest BCUT2D eigenvalue weighted by Crippen LogP contribution is 2.44. The molecule has 0 saturated heterocycles. The third-order valence-electron chi connectivity index (χ3n) is 20.4. The second-order valence-corrected chi connectivity index (χ2v) is 36.2. The van der Waals surface area contributed by atoms with Gasteiger partial charge >= 0.3 is 0 Å². The van der Waals surface area contributed by atoms with Crippen LogP contribution in [0.25, 0.3) is 0 Å². The Labute approximate surface area is 564 Å². The highest BCUT2D eigenvalue weighted by atomic mass is 32.2. The lowest BCUT2D eigenvalue weighted by atomic mass is 9.75. The molecule has 1 fully saturated rings. The molecular formula is C77H154N4S5. The van der Waals surface area contributed by atoms with Crippen molar-refractivity contribution in [3.8, 4) is 0 Å². The SMILES string of the molecule is C=C(CCCCCCCCCCCCCCCCCCCCCCC(=C)C1CCC(CCC(SCCN(C)C)C(C)CCC(SCCNC)C(C)C)C(SCCN(C)C)C1)C(CCCC)CC(CC(SCCN(C)C)C(C)CCC(C)C(C)C)SC. The van der Waals surface area contributed by atoms with Gasteiger partial charge in [-0.15, -0.1) is 0 Å². The van der Waals surface area contributed by atoms with Crippen molar-refractivity contribution < 1.29 is 0 Å². The van der Waals surface area contributed by atoms with Crippen molar-refractivity contribution in [2.75, 3.05) is 105 Å². The molecule has 0 aliphatic heterocycles. The number of hydrogen-bond donors (Lipinski definition) is 1. The van der Waals surface area contributed by atoms with Gasteiger partial charge in [-0.25, -0.2) is 0 Å². The molecule has 11 unspecified atom stereocenters. The molecule has 0 heterocycles. The summed E-state index contributed by atoms with van der Waals surface area (Å²) < 4.78 is 0. The van der Waals surface area contributed by atoms with E-state index in [0.29, 0.717) is 5.92 Å². The summed E-state index contributed by atoms with van der Waals surface area (Å²) in [7, 11) is 15.5. The summed E-state index contributed by atoms with van der Waals surface area (Å²) in [4.78, 5) is 7.12. The van der Waals surface area contributed by atoms with Crippen molar-refractivity contribution in [2.45, 2.75) is 313 Å². The summed E-state index contributed by atoms with van der Waals surface area (Å²) in [5.74, 6) is 11.3. The molecule has 4 nitrogen and oxygen atoms in total. The van der Waals surface area contributed by atoms with Gasteiger partial charge in [-0.1, -0.05) is 215 Å². The zero-order valence-corrected chi connectivity index (χ0v) is 65.0. The molecule has 512 valence electrons. The van der Waals surface area contributed by atoms with Gasteiger partial charge in [0.2, 0.25) is 0 Å². The Morgan fingerprint density at radius 1 is 0.488 bits per heavy atom. The van der Waals surface area contributed by atoms with Crippen LogP contribution in [0, 0.1) is 47.3 Å². The Bertz CT molecular complexity index is 1520. The lowest BCUT2D eigenvalue weighted by Crippen LogP contribution is -2.30. The third kappa shape index (κ3) is 45.4. The first-order valence-corrected chi connectivity index (χ1v) is 42.7. The third-order valence-corrected chi connectivity index (χ3v) is 27.5.